The maximum atomic E-state index is 10.2. The van der Waals surface area contributed by atoms with Crippen LogP contribution in [0.5, 0.6) is 0 Å². The Bertz CT molecular complexity index is 1210. The minimum Gasteiger partial charge on any atom is -0.390 e. The maximum Gasteiger partial charge on any atom is 0.120 e. The largest absolute Gasteiger partial charge is 0.390 e. The van der Waals surface area contributed by atoms with E-state index in [4.69, 9.17) is 4.98 Å². The van der Waals surface area contributed by atoms with Crippen molar-refractivity contribution in [1.82, 2.24) is 25.1 Å². The van der Waals surface area contributed by atoms with Crippen molar-refractivity contribution in [2.24, 2.45) is 0 Å². The van der Waals surface area contributed by atoms with Crippen LogP contribution in [-0.2, 0) is 0 Å². The van der Waals surface area contributed by atoms with E-state index in [1.807, 2.05) is 56.6 Å². The second-order valence-corrected chi connectivity index (χ2v) is 8.22. The van der Waals surface area contributed by atoms with Crippen molar-refractivity contribution in [3.05, 3.63) is 54.5 Å². The zero-order chi connectivity index (χ0) is 20.7. The van der Waals surface area contributed by atoms with Crippen LogP contribution >= 0.6 is 0 Å². The number of H-pyrrole nitrogens is 1. The summed E-state index contributed by atoms with van der Waals surface area (Å²) in [5, 5.41) is 17.6. The maximum absolute atomic E-state index is 10.2. The lowest BCUT2D eigenvalue weighted by Gasteiger charge is -2.37. The number of aliphatic hydroxyl groups is 1. The summed E-state index contributed by atoms with van der Waals surface area (Å²) < 4.78 is 0. The van der Waals surface area contributed by atoms with Crippen LogP contribution in [0.2, 0.25) is 0 Å². The van der Waals surface area contributed by atoms with Gasteiger partial charge in [-0.3, -0.25) is 15.1 Å². The van der Waals surface area contributed by atoms with Crippen LogP contribution < -0.4 is 4.90 Å². The van der Waals surface area contributed by atoms with Gasteiger partial charge in [0.15, 0.2) is 0 Å². The van der Waals surface area contributed by atoms with Crippen molar-refractivity contribution in [3.63, 3.8) is 0 Å². The van der Waals surface area contributed by atoms with E-state index in [2.05, 4.69) is 31.1 Å². The van der Waals surface area contributed by atoms with Gasteiger partial charge in [0.1, 0.15) is 5.69 Å². The first kappa shape index (κ1) is 18.7. The summed E-state index contributed by atoms with van der Waals surface area (Å²) in [4.78, 5) is 16.4. The van der Waals surface area contributed by atoms with E-state index in [-0.39, 0.29) is 0 Å². The number of aryl methyl sites for hydroxylation is 1. The molecule has 4 aromatic rings. The van der Waals surface area contributed by atoms with E-state index in [1.165, 1.54) is 0 Å². The highest BCUT2D eigenvalue weighted by Crippen LogP contribution is 2.31. The molecule has 0 spiro atoms. The SMILES string of the molecule is Cc1cccc(-c2n[nH]cc2-c2ccc3ncc(N4CCC(C)(O)CC4)cc3n2)n1. The Hall–Kier alpha value is -3.32. The molecular formula is C23H24N6O. The average molecular weight is 400 g/mol. The molecule has 4 aromatic heterocycles. The smallest absolute Gasteiger partial charge is 0.120 e. The van der Waals surface area contributed by atoms with Crippen molar-refractivity contribution in [2.45, 2.75) is 32.3 Å². The number of pyridine rings is 3. The van der Waals surface area contributed by atoms with Crippen LogP contribution in [0.15, 0.2) is 48.8 Å². The summed E-state index contributed by atoms with van der Waals surface area (Å²) in [5.41, 5.74) is 6.45. The lowest BCUT2D eigenvalue weighted by Crippen LogP contribution is -2.42. The molecule has 0 aromatic carbocycles. The second-order valence-electron chi connectivity index (χ2n) is 8.22. The third kappa shape index (κ3) is 3.52. The zero-order valence-electron chi connectivity index (χ0n) is 17.1. The molecule has 0 unspecified atom stereocenters. The minimum absolute atomic E-state index is 0.576. The molecule has 5 rings (SSSR count). The standard InChI is InChI=1S/C23H24N6O/c1-15-4-3-5-20(26-15)22-17(14-25-28-22)18-6-7-19-21(27-18)12-16(13-24-19)29-10-8-23(2,30)9-11-29/h3-7,12-14,30H,8-11H2,1-2H3,(H,25,28). The molecule has 0 saturated carbocycles. The van der Waals surface area contributed by atoms with Gasteiger partial charge >= 0.3 is 0 Å². The van der Waals surface area contributed by atoms with Crippen LogP contribution in [0.3, 0.4) is 0 Å². The third-order valence-corrected chi connectivity index (χ3v) is 5.78. The Morgan fingerprint density at radius 1 is 1.03 bits per heavy atom. The predicted molar refractivity (Wildman–Crippen MR) is 117 cm³/mol. The number of aromatic nitrogens is 5. The highest BCUT2D eigenvalue weighted by atomic mass is 16.3. The number of hydrogen-bond donors (Lipinski definition) is 2. The van der Waals surface area contributed by atoms with Gasteiger partial charge in [0.2, 0.25) is 0 Å². The molecule has 0 aliphatic carbocycles. The van der Waals surface area contributed by atoms with Crippen LogP contribution in [0, 0.1) is 6.92 Å². The van der Waals surface area contributed by atoms with Crippen molar-refractivity contribution in [1.29, 1.82) is 0 Å². The molecule has 0 bridgehead atoms. The van der Waals surface area contributed by atoms with E-state index >= 15 is 0 Å². The molecule has 152 valence electrons. The molecule has 30 heavy (non-hydrogen) atoms. The quantitative estimate of drug-likeness (QED) is 0.544. The van der Waals surface area contributed by atoms with Crippen molar-refractivity contribution in [3.8, 4) is 22.6 Å². The predicted octanol–water partition coefficient (Wildman–Crippen LogP) is 3.74. The van der Waals surface area contributed by atoms with Crippen LogP contribution in [0.4, 0.5) is 5.69 Å². The first-order valence-electron chi connectivity index (χ1n) is 10.2. The molecular weight excluding hydrogens is 376 g/mol. The molecule has 1 fully saturated rings. The summed E-state index contributed by atoms with van der Waals surface area (Å²) in [6, 6.07) is 11.9. The topological polar surface area (TPSA) is 90.8 Å². The van der Waals surface area contributed by atoms with Crippen molar-refractivity contribution < 1.29 is 5.11 Å². The average Bonchev–Trinajstić information content (AvgIpc) is 3.23. The van der Waals surface area contributed by atoms with Crippen molar-refractivity contribution in [2.75, 3.05) is 18.0 Å². The molecule has 1 aliphatic heterocycles. The number of piperidine rings is 1. The highest BCUT2D eigenvalue weighted by Gasteiger charge is 2.27. The number of anilines is 1. The Morgan fingerprint density at radius 3 is 2.67 bits per heavy atom. The van der Waals surface area contributed by atoms with Gasteiger partial charge in [0, 0.05) is 30.5 Å². The zero-order valence-corrected chi connectivity index (χ0v) is 17.1. The van der Waals surface area contributed by atoms with E-state index in [0.29, 0.717) is 0 Å². The van der Waals surface area contributed by atoms with Crippen LogP contribution in [0.25, 0.3) is 33.7 Å². The van der Waals surface area contributed by atoms with Gasteiger partial charge < -0.3 is 10.0 Å². The number of aromatic amines is 1. The van der Waals surface area contributed by atoms with Gasteiger partial charge in [0.05, 0.1) is 39.9 Å². The molecule has 1 aliphatic rings. The third-order valence-electron chi connectivity index (χ3n) is 5.78. The second kappa shape index (κ2) is 7.18. The first-order valence-corrected chi connectivity index (χ1v) is 10.2. The molecule has 0 amide bonds. The number of nitrogens with one attached hydrogen (secondary N) is 1. The number of fused-ring (bicyclic) bond motifs is 1. The Labute approximate surface area is 174 Å². The molecule has 5 heterocycles. The minimum atomic E-state index is -0.576. The van der Waals surface area contributed by atoms with E-state index in [1.54, 1.807) is 0 Å². The van der Waals surface area contributed by atoms with Gasteiger partial charge in [-0.1, -0.05) is 6.07 Å². The van der Waals surface area contributed by atoms with Gasteiger partial charge in [-0.15, -0.1) is 0 Å². The fourth-order valence-electron chi connectivity index (χ4n) is 3.92. The Morgan fingerprint density at radius 2 is 1.87 bits per heavy atom. The highest BCUT2D eigenvalue weighted by molar-refractivity contribution is 5.84. The van der Waals surface area contributed by atoms with Crippen molar-refractivity contribution >= 4 is 16.7 Å². The summed E-state index contributed by atoms with van der Waals surface area (Å²) in [6.07, 6.45) is 5.25. The molecule has 1 saturated heterocycles. The van der Waals surface area contributed by atoms with Gasteiger partial charge in [-0.2, -0.15) is 5.10 Å². The fraction of sp³-hybridized carbons (Fsp3) is 0.304. The first-order chi connectivity index (χ1) is 14.5. The fourth-order valence-corrected chi connectivity index (χ4v) is 3.92. The Balaban J connectivity index is 1.51. The monoisotopic (exact) mass is 400 g/mol. The number of nitrogens with zero attached hydrogens (tertiary/aromatic N) is 5. The normalized spacial score (nSPS) is 16.2. The van der Waals surface area contributed by atoms with Gasteiger partial charge in [-0.05, 0) is 57.0 Å². The van der Waals surface area contributed by atoms with E-state index < -0.39 is 5.60 Å². The lowest BCUT2D eigenvalue weighted by atomic mass is 9.93. The number of rotatable bonds is 3. The lowest BCUT2D eigenvalue weighted by molar-refractivity contribution is 0.0351. The van der Waals surface area contributed by atoms with Crippen LogP contribution in [0.1, 0.15) is 25.5 Å². The molecule has 0 atom stereocenters. The molecule has 0 radical (unpaired) electrons. The molecule has 2 N–H and O–H groups in total. The summed E-state index contributed by atoms with van der Waals surface area (Å²) in [7, 11) is 0. The summed E-state index contributed by atoms with van der Waals surface area (Å²) in [6.45, 7) is 5.50. The Kier molecular flexibility index (Phi) is 4.47. The summed E-state index contributed by atoms with van der Waals surface area (Å²) >= 11 is 0. The van der Waals surface area contributed by atoms with Crippen LogP contribution in [-0.4, -0.2) is 48.9 Å². The number of hydrogen-bond acceptors (Lipinski definition) is 6. The van der Waals surface area contributed by atoms with Gasteiger partial charge in [0.25, 0.3) is 0 Å². The van der Waals surface area contributed by atoms with E-state index in [9.17, 15) is 5.11 Å². The van der Waals surface area contributed by atoms with E-state index in [0.717, 1.165) is 71.0 Å². The summed E-state index contributed by atoms with van der Waals surface area (Å²) in [5.74, 6) is 0. The molecule has 7 heteroatoms. The van der Waals surface area contributed by atoms with Gasteiger partial charge in [-0.25, -0.2) is 4.98 Å². The molecule has 7 nitrogen and oxygen atoms in total.